The van der Waals surface area contributed by atoms with Crippen molar-refractivity contribution >= 4 is 17.6 Å². The monoisotopic (exact) mass is 262 g/mol. The predicted molar refractivity (Wildman–Crippen MR) is 68.8 cm³/mol. The lowest BCUT2D eigenvalue weighted by molar-refractivity contribution is 0.876. The molecule has 94 valence electrons. The van der Waals surface area contributed by atoms with Gasteiger partial charge in [0.05, 0.1) is 0 Å². The van der Waals surface area contributed by atoms with Crippen molar-refractivity contribution < 1.29 is 0 Å². The summed E-state index contributed by atoms with van der Waals surface area (Å²) in [5, 5.41) is 11.6. The van der Waals surface area contributed by atoms with Gasteiger partial charge >= 0.3 is 0 Å². The van der Waals surface area contributed by atoms with Crippen molar-refractivity contribution in [3.05, 3.63) is 17.7 Å². The van der Waals surface area contributed by atoms with E-state index in [1.165, 1.54) is 24.6 Å². The first-order valence-corrected chi connectivity index (χ1v) is 6.70. The van der Waals surface area contributed by atoms with E-state index in [1.807, 2.05) is 20.0 Å². The highest BCUT2D eigenvalue weighted by atomic mass is 32.2. The number of hydrogen-bond acceptors (Lipinski definition) is 6. The van der Waals surface area contributed by atoms with Crippen molar-refractivity contribution in [3.63, 3.8) is 0 Å². The molecule has 0 unspecified atom stereocenters. The SMILES string of the molecule is CNc1cc(Sc2n[nH]c(C)n2)nc(C2CC2)n1. The van der Waals surface area contributed by atoms with Crippen LogP contribution in [0.15, 0.2) is 16.2 Å². The highest BCUT2D eigenvalue weighted by Gasteiger charge is 2.27. The minimum Gasteiger partial charge on any atom is -0.373 e. The molecule has 1 aliphatic carbocycles. The van der Waals surface area contributed by atoms with Gasteiger partial charge in [0.2, 0.25) is 5.16 Å². The minimum absolute atomic E-state index is 0.534. The van der Waals surface area contributed by atoms with E-state index >= 15 is 0 Å². The van der Waals surface area contributed by atoms with Crippen LogP contribution in [0.2, 0.25) is 0 Å². The number of aromatic amines is 1. The van der Waals surface area contributed by atoms with Crippen LogP contribution in [0, 0.1) is 6.92 Å². The van der Waals surface area contributed by atoms with E-state index in [4.69, 9.17) is 0 Å². The molecular weight excluding hydrogens is 248 g/mol. The molecule has 1 saturated carbocycles. The van der Waals surface area contributed by atoms with Gasteiger partial charge in [0.25, 0.3) is 0 Å². The summed E-state index contributed by atoms with van der Waals surface area (Å²) in [6.45, 7) is 1.88. The van der Waals surface area contributed by atoms with Crippen LogP contribution in [0.3, 0.4) is 0 Å². The standard InChI is InChI=1S/C11H14N6S/c1-6-13-11(17-16-6)18-9-5-8(12-2)14-10(15-9)7-3-4-7/h5,7H,3-4H2,1-2H3,(H,12,14,15)(H,13,16,17). The van der Waals surface area contributed by atoms with Crippen molar-refractivity contribution in [3.8, 4) is 0 Å². The Labute approximate surface area is 109 Å². The average Bonchev–Trinajstić information content (AvgIpc) is 3.14. The summed E-state index contributed by atoms with van der Waals surface area (Å²) < 4.78 is 0. The molecule has 0 aromatic carbocycles. The number of nitrogens with one attached hydrogen (secondary N) is 2. The molecule has 3 rings (SSSR count). The van der Waals surface area contributed by atoms with Gasteiger partial charge in [-0.15, -0.1) is 5.10 Å². The van der Waals surface area contributed by atoms with Crippen LogP contribution in [-0.4, -0.2) is 32.2 Å². The molecule has 2 heterocycles. The van der Waals surface area contributed by atoms with E-state index in [1.54, 1.807) is 0 Å². The van der Waals surface area contributed by atoms with E-state index in [2.05, 4.69) is 30.5 Å². The van der Waals surface area contributed by atoms with Gasteiger partial charge in [0.15, 0.2) is 0 Å². The zero-order valence-corrected chi connectivity index (χ0v) is 11.1. The second-order valence-corrected chi connectivity index (χ2v) is 5.27. The molecule has 0 atom stereocenters. The van der Waals surface area contributed by atoms with E-state index in [-0.39, 0.29) is 0 Å². The first kappa shape index (κ1) is 11.5. The molecule has 0 aliphatic heterocycles. The van der Waals surface area contributed by atoms with Gasteiger partial charge in [-0.25, -0.2) is 15.0 Å². The molecule has 0 saturated heterocycles. The number of aryl methyl sites for hydroxylation is 1. The summed E-state index contributed by atoms with van der Waals surface area (Å²) in [5.41, 5.74) is 0. The highest BCUT2D eigenvalue weighted by Crippen LogP contribution is 2.39. The highest BCUT2D eigenvalue weighted by molar-refractivity contribution is 7.99. The van der Waals surface area contributed by atoms with Gasteiger partial charge in [0, 0.05) is 19.0 Å². The summed E-state index contributed by atoms with van der Waals surface area (Å²) in [6, 6.07) is 1.92. The van der Waals surface area contributed by atoms with Crippen LogP contribution in [0.5, 0.6) is 0 Å². The Hall–Kier alpha value is -1.63. The van der Waals surface area contributed by atoms with Crippen molar-refractivity contribution in [2.24, 2.45) is 0 Å². The Bertz CT molecular complexity index is 562. The van der Waals surface area contributed by atoms with E-state index in [0.717, 1.165) is 22.5 Å². The number of H-pyrrole nitrogens is 1. The van der Waals surface area contributed by atoms with Crippen molar-refractivity contribution in [2.75, 3.05) is 12.4 Å². The topological polar surface area (TPSA) is 79.4 Å². The first-order valence-electron chi connectivity index (χ1n) is 5.88. The number of nitrogens with zero attached hydrogens (tertiary/aromatic N) is 4. The fourth-order valence-electron chi connectivity index (χ4n) is 1.61. The molecule has 18 heavy (non-hydrogen) atoms. The zero-order chi connectivity index (χ0) is 12.5. The number of anilines is 1. The third-order valence-electron chi connectivity index (χ3n) is 2.69. The Morgan fingerprint density at radius 3 is 2.78 bits per heavy atom. The average molecular weight is 262 g/mol. The van der Waals surface area contributed by atoms with Crippen molar-refractivity contribution in [1.82, 2.24) is 25.1 Å². The van der Waals surface area contributed by atoms with Gasteiger partial charge in [-0.3, -0.25) is 5.10 Å². The fraction of sp³-hybridized carbons (Fsp3) is 0.455. The molecule has 1 aliphatic rings. The Morgan fingerprint density at radius 1 is 1.33 bits per heavy atom. The largest absolute Gasteiger partial charge is 0.373 e. The molecule has 0 amide bonds. The first-order chi connectivity index (χ1) is 8.74. The minimum atomic E-state index is 0.534. The molecule has 1 fully saturated rings. The molecule has 2 N–H and O–H groups in total. The summed E-state index contributed by atoms with van der Waals surface area (Å²) in [7, 11) is 1.87. The molecule has 0 bridgehead atoms. The molecule has 0 spiro atoms. The maximum Gasteiger partial charge on any atom is 0.214 e. The quantitative estimate of drug-likeness (QED) is 0.820. The summed E-state index contributed by atoms with van der Waals surface area (Å²) >= 11 is 1.45. The lowest BCUT2D eigenvalue weighted by Crippen LogP contribution is -2.00. The lowest BCUT2D eigenvalue weighted by atomic mass is 10.4. The number of hydrogen-bond donors (Lipinski definition) is 2. The van der Waals surface area contributed by atoms with E-state index in [9.17, 15) is 0 Å². The van der Waals surface area contributed by atoms with Gasteiger partial charge in [-0.2, -0.15) is 0 Å². The lowest BCUT2D eigenvalue weighted by Gasteiger charge is -2.05. The molecule has 0 radical (unpaired) electrons. The maximum atomic E-state index is 4.57. The van der Waals surface area contributed by atoms with Crippen molar-refractivity contribution in [1.29, 1.82) is 0 Å². The van der Waals surface area contributed by atoms with Crippen LogP contribution in [0.1, 0.15) is 30.4 Å². The second kappa shape index (κ2) is 4.56. The van der Waals surface area contributed by atoms with E-state index in [0.29, 0.717) is 11.1 Å². The summed E-state index contributed by atoms with van der Waals surface area (Å²) in [6.07, 6.45) is 2.38. The third-order valence-corrected chi connectivity index (χ3v) is 3.47. The predicted octanol–water partition coefficient (Wildman–Crippen LogP) is 1.97. The molecule has 2 aromatic rings. The summed E-state index contributed by atoms with van der Waals surface area (Å²) in [4.78, 5) is 13.3. The molecule has 7 heteroatoms. The molecule has 6 nitrogen and oxygen atoms in total. The van der Waals surface area contributed by atoms with Crippen LogP contribution >= 0.6 is 11.8 Å². The third kappa shape index (κ3) is 2.45. The number of aromatic nitrogens is 5. The van der Waals surface area contributed by atoms with Crippen LogP contribution in [0.4, 0.5) is 5.82 Å². The van der Waals surface area contributed by atoms with Crippen LogP contribution < -0.4 is 5.32 Å². The van der Waals surface area contributed by atoms with Crippen molar-refractivity contribution in [2.45, 2.75) is 35.9 Å². The molecule has 2 aromatic heterocycles. The van der Waals surface area contributed by atoms with Gasteiger partial charge in [-0.1, -0.05) is 0 Å². The Kier molecular flexibility index (Phi) is 2.91. The van der Waals surface area contributed by atoms with Crippen LogP contribution in [-0.2, 0) is 0 Å². The second-order valence-electron chi connectivity index (χ2n) is 4.28. The maximum absolute atomic E-state index is 4.57. The number of rotatable bonds is 4. The van der Waals surface area contributed by atoms with Crippen LogP contribution in [0.25, 0.3) is 0 Å². The Morgan fingerprint density at radius 2 is 2.17 bits per heavy atom. The normalized spacial score (nSPS) is 14.8. The fourth-order valence-corrected chi connectivity index (χ4v) is 2.38. The zero-order valence-electron chi connectivity index (χ0n) is 10.3. The van der Waals surface area contributed by atoms with Gasteiger partial charge in [0.1, 0.15) is 22.5 Å². The van der Waals surface area contributed by atoms with Gasteiger partial charge < -0.3 is 5.32 Å². The van der Waals surface area contributed by atoms with E-state index < -0.39 is 0 Å². The molecular formula is C11H14N6S. The summed E-state index contributed by atoms with van der Waals surface area (Å²) in [5.74, 6) is 3.12. The smallest absolute Gasteiger partial charge is 0.214 e. The van der Waals surface area contributed by atoms with Gasteiger partial charge in [-0.05, 0) is 31.5 Å². The Balaban J connectivity index is 1.88.